The second-order valence-corrected chi connectivity index (χ2v) is 10.7. The molecule has 4 atom stereocenters. The second kappa shape index (κ2) is 11.2. The van der Waals surface area contributed by atoms with Crippen LogP contribution >= 0.6 is 0 Å². The molecular weight excluding hydrogens is 570 g/mol. The van der Waals surface area contributed by atoms with E-state index >= 15 is 0 Å². The molecular formula is C32H25N3O9. The van der Waals surface area contributed by atoms with Gasteiger partial charge in [0, 0.05) is 23.3 Å². The summed E-state index contributed by atoms with van der Waals surface area (Å²) in [6, 6.07) is 16.7. The molecule has 1 saturated carbocycles. The number of amides is 3. The minimum absolute atomic E-state index is 0.0399. The lowest BCUT2D eigenvalue weighted by Crippen LogP contribution is -2.52. The largest absolute Gasteiger partial charge is 0.497 e. The zero-order valence-electron chi connectivity index (χ0n) is 23.3. The number of hydrazine groups is 1. The van der Waals surface area contributed by atoms with Crippen LogP contribution in [0.15, 0.2) is 84.9 Å². The van der Waals surface area contributed by atoms with Crippen molar-refractivity contribution in [3.8, 4) is 11.5 Å². The van der Waals surface area contributed by atoms with Crippen LogP contribution in [0.2, 0.25) is 0 Å². The lowest BCUT2D eigenvalue weighted by molar-refractivity contribution is -0.384. The molecule has 1 heterocycles. The molecule has 3 aliphatic rings. The minimum atomic E-state index is -0.834. The van der Waals surface area contributed by atoms with E-state index in [4.69, 9.17) is 9.47 Å². The van der Waals surface area contributed by atoms with Gasteiger partial charge in [-0.15, -0.1) is 0 Å². The molecule has 0 radical (unpaired) electrons. The number of non-ortho nitro benzene ring substituents is 1. The third-order valence-electron chi connectivity index (χ3n) is 8.23. The molecule has 1 aliphatic heterocycles. The molecule has 12 heteroatoms. The Kier molecular flexibility index (Phi) is 7.25. The van der Waals surface area contributed by atoms with E-state index in [1.165, 1.54) is 49.6 Å². The van der Waals surface area contributed by atoms with Crippen molar-refractivity contribution in [2.24, 2.45) is 23.7 Å². The quantitative estimate of drug-likeness (QED) is 0.0682. The predicted octanol–water partition coefficient (Wildman–Crippen LogP) is 3.87. The summed E-state index contributed by atoms with van der Waals surface area (Å²) in [5, 5.41) is 12.7. The molecule has 0 N–H and O–H groups in total. The highest BCUT2D eigenvalue weighted by Gasteiger charge is 2.61. The number of ketones is 1. The first kappa shape index (κ1) is 28.5. The Hall–Kier alpha value is -5.65. The highest BCUT2D eigenvalue weighted by atomic mass is 16.6. The van der Waals surface area contributed by atoms with E-state index in [0.717, 1.165) is 22.2 Å². The molecule has 6 rings (SSSR count). The Morgan fingerprint density at radius 2 is 1.48 bits per heavy atom. The molecule has 44 heavy (non-hydrogen) atoms. The lowest BCUT2D eigenvalue weighted by Gasteiger charge is -2.30. The van der Waals surface area contributed by atoms with Gasteiger partial charge in [0.25, 0.3) is 23.4 Å². The summed E-state index contributed by atoms with van der Waals surface area (Å²) >= 11 is 0. The Morgan fingerprint density at radius 3 is 2.07 bits per heavy atom. The van der Waals surface area contributed by atoms with Gasteiger partial charge >= 0.3 is 5.97 Å². The number of ether oxygens (including phenoxy) is 2. The van der Waals surface area contributed by atoms with Gasteiger partial charge in [-0.1, -0.05) is 18.2 Å². The highest BCUT2D eigenvalue weighted by Crippen LogP contribution is 2.52. The number of hydrogen-bond acceptors (Lipinski definition) is 9. The van der Waals surface area contributed by atoms with Gasteiger partial charge in [0.1, 0.15) is 18.0 Å². The molecule has 0 spiro atoms. The molecule has 2 aliphatic carbocycles. The van der Waals surface area contributed by atoms with Crippen LogP contribution in [0, 0.1) is 33.8 Å². The number of nitro groups is 1. The third-order valence-corrected chi connectivity index (χ3v) is 8.23. The van der Waals surface area contributed by atoms with Gasteiger partial charge in [-0.05, 0) is 72.9 Å². The number of allylic oxidation sites excluding steroid dienone is 2. The Balaban J connectivity index is 1.23. The van der Waals surface area contributed by atoms with Crippen molar-refractivity contribution in [3.63, 3.8) is 0 Å². The summed E-state index contributed by atoms with van der Waals surface area (Å²) in [6.07, 6.45) is 4.51. The molecule has 0 unspecified atom stereocenters. The van der Waals surface area contributed by atoms with Crippen molar-refractivity contribution in [2.75, 3.05) is 13.7 Å². The van der Waals surface area contributed by atoms with Crippen LogP contribution in [0.5, 0.6) is 11.5 Å². The maximum absolute atomic E-state index is 13.7. The van der Waals surface area contributed by atoms with E-state index < -0.39 is 52.8 Å². The summed E-state index contributed by atoms with van der Waals surface area (Å²) in [7, 11) is 1.48. The Morgan fingerprint density at radius 1 is 0.864 bits per heavy atom. The van der Waals surface area contributed by atoms with Gasteiger partial charge in [-0.25, -0.2) is 9.80 Å². The molecule has 3 aromatic carbocycles. The summed E-state index contributed by atoms with van der Waals surface area (Å²) in [5.74, 6) is -4.00. The smallest absolute Gasteiger partial charge is 0.343 e. The van der Waals surface area contributed by atoms with Gasteiger partial charge in [0.15, 0.2) is 5.78 Å². The second-order valence-electron chi connectivity index (χ2n) is 10.7. The summed E-state index contributed by atoms with van der Waals surface area (Å²) < 4.78 is 10.5. The zero-order chi connectivity index (χ0) is 31.1. The SMILES string of the molecule is COc1cccc(C(=O)Oc2ccc(C(=O)CN(C(=O)c3ccc([N+](=O)[O-])cc3)N3C(=O)[C@@H]4[C@@H](C3=O)[C@H]3C=C[C@H]4C3)cc2)c1. The van der Waals surface area contributed by atoms with E-state index in [1.54, 1.807) is 18.2 Å². The van der Waals surface area contributed by atoms with Crippen molar-refractivity contribution in [1.29, 1.82) is 0 Å². The van der Waals surface area contributed by atoms with Crippen molar-refractivity contribution in [1.82, 2.24) is 10.0 Å². The number of hydrogen-bond donors (Lipinski definition) is 0. The van der Waals surface area contributed by atoms with Gasteiger partial charge in [0.05, 0.1) is 29.4 Å². The highest BCUT2D eigenvalue weighted by molar-refractivity contribution is 6.10. The number of imide groups is 1. The number of fused-ring (bicyclic) bond motifs is 5. The fraction of sp³-hybridized carbons (Fsp3) is 0.219. The van der Waals surface area contributed by atoms with Crippen LogP contribution in [0.25, 0.3) is 0 Å². The summed E-state index contributed by atoms with van der Waals surface area (Å²) in [5.41, 5.74) is 0.107. The molecule has 12 nitrogen and oxygen atoms in total. The molecule has 0 aromatic heterocycles. The predicted molar refractivity (Wildman–Crippen MR) is 152 cm³/mol. The molecule has 3 amide bonds. The lowest BCUT2D eigenvalue weighted by atomic mass is 9.85. The maximum atomic E-state index is 13.7. The van der Waals surface area contributed by atoms with Crippen LogP contribution in [0.3, 0.4) is 0 Å². The van der Waals surface area contributed by atoms with Crippen LogP contribution in [-0.2, 0) is 9.59 Å². The van der Waals surface area contributed by atoms with Crippen molar-refractivity contribution >= 4 is 35.2 Å². The normalized spacial score (nSPS) is 21.2. The zero-order valence-corrected chi connectivity index (χ0v) is 23.3. The molecule has 3 aromatic rings. The first-order chi connectivity index (χ1) is 21.2. The van der Waals surface area contributed by atoms with Crippen molar-refractivity contribution in [2.45, 2.75) is 6.42 Å². The van der Waals surface area contributed by atoms with E-state index in [-0.39, 0.29) is 40.0 Å². The molecule has 2 bridgehead atoms. The fourth-order valence-corrected chi connectivity index (χ4v) is 6.08. The monoisotopic (exact) mass is 595 g/mol. The third kappa shape index (κ3) is 5.00. The average molecular weight is 596 g/mol. The Labute approximate surface area is 250 Å². The van der Waals surface area contributed by atoms with E-state index in [9.17, 15) is 34.1 Å². The number of methoxy groups -OCH3 is 1. The number of carbonyl (C=O) groups excluding carboxylic acids is 5. The fourth-order valence-electron chi connectivity index (χ4n) is 6.08. The minimum Gasteiger partial charge on any atom is -0.497 e. The average Bonchev–Trinajstić information content (AvgIpc) is 3.73. The number of carbonyl (C=O) groups is 5. The van der Waals surface area contributed by atoms with Gasteiger partial charge in [0.2, 0.25) is 0 Å². The maximum Gasteiger partial charge on any atom is 0.343 e. The summed E-state index contributed by atoms with van der Waals surface area (Å²) in [6.45, 7) is -0.654. The van der Waals surface area contributed by atoms with Crippen molar-refractivity contribution < 1.29 is 38.4 Å². The van der Waals surface area contributed by atoms with E-state index in [2.05, 4.69) is 0 Å². The number of Topliss-reactive ketones (excluding diaryl/α,β-unsaturated/α-hetero) is 1. The van der Waals surface area contributed by atoms with E-state index in [0.29, 0.717) is 12.2 Å². The van der Waals surface area contributed by atoms with Crippen LogP contribution in [0.4, 0.5) is 5.69 Å². The van der Waals surface area contributed by atoms with Crippen LogP contribution in [-0.4, -0.2) is 58.1 Å². The first-order valence-electron chi connectivity index (χ1n) is 13.8. The number of benzene rings is 3. The van der Waals surface area contributed by atoms with Gasteiger partial charge in [-0.3, -0.25) is 29.3 Å². The van der Waals surface area contributed by atoms with E-state index in [1.807, 2.05) is 12.2 Å². The molecule has 222 valence electrons. The van der Waals surface area contributed by atoms with Gasteiger partial charge in [-0.2, -0.15) is 5.01 Å². The number of rotatable bonds is 9. The number of nitro benzene ring substituents is 1. The number of esters is 1. The topological polar surface area (TPSA) is 153 Å². The van der Waals surface area contributed by atoms with Gasteiger partial charge < -0.3 is 9.47 Å². The standard InChI is InChI=1S/C32H25N3O9/c1-43-25-4-2-3-22(16-25)32(40)44-24-13-9-18(10-14-24)26(36)17-33(29(37)19-7-11-23(12-8-19)35(41)42)34-30(38)27-20-5-6-21(15-20)28(27)31(34)39/h2-14,16,20-21,27-28H,15,17H2,1H3/t20-,21-,27-,28-/m0/s1. The summed E-state index contributed by atoms with van der Waals surface area (Å²) in [4.78, 5) is 77.3. The van der Waals surface area contributed by atoms with Crippen LogP contribution in [0.1, 0.15) is 37.5 Å². The van der Waals surface area contributed by atoms with Crippen molar-refractivity contribution in [3.05, 3.63) is 112 Å². The first-order valence-corrected chi connectivity index (χ1v) is 13.8. The Bertz CT molecular complexity index is 1700. The van der Waals surface area contributed by atoms with Crippen LogP contribution < -0.4 is 9.47 Å². The number of nitrogens with zero attached hydrogens (tertiary/aromatic N) is 3. The molecule has 2 fully saturated rings. The molecule has 1 saturated heterocycles.